The number of rotatable bonds is 1. The van der Waals surface area contributed by atoms with E-state index in [1.165, 1.54) is 6.20 Å². The van der Waals surface area contributed by atoms with Gasteiger partial charge < -0.3 is 10.7 Å². The van der Waals surface area contributed by atoms with E-state index in [9.17, 15) is 0 Å². The number of amidine groups is 1. The second-order valence-electron chi connectivity index (χ2n) is 2.51. The standard InChI is InChI=1S/C7H6ClN5/c8-4-2-11-5-3(6(9)10)1-12-7(5)13-4/h1-2H,(H3,9,10)(H,12,13). The summed E-state index contributed by atoms with van der Waals surface area (Å²) >= 11 is 5.63. The molecule has 0 bridgehead atoms. The molecule has 2 rings (SSSR count). The van der Waals surface area contributed by atoms with Crippen LogP contribution in [0.25, 0.3) is 11.2 Å². The van der Waals surface area contributed by atoms with Crippen LogP contribution in [0.2, 0.25) is 5.15 Å². The van der Waals surface area contributed by atoms with Crippen molar-refractivity contribution in [1.29, 1.82) is 5.41 Å². The molecule has 0 saturated carbocycles. The van der Waals surface area contributed by atoms with Crippen molar-refractivity contribution in [2.45, 2.75) is 0 Å². The van der Waals surface area contributed by atoms with E-state index in [1.54, 1.807) is 6.20 Å². The van der Waals surface area contributed by atoms with Gasteiger partial charge in [0.25, 0.3) is 0 Å². The van der Waals surface area contributed by atoms with Crippen LogP contribution in [-0.4, -0.2) is 20.8 Å². The van der Waals surface area contributed by atoms with Gasteiger partial charge >= 0.3 is 0 Å². The maximum Gasteiger partial charge on any atom is 0.158 e. The molecule has 66 valence electrons. The average molecular weight is 196 g/mol. The van der Waals surface area contributed by atoms with Crippen LogP contribution in [0.5, 0.6) is 0 Å². The molecule has 0 fully saturated rings. The number of hydrogen-bond acceptors (Lipinski definition) is 3. The van der Waals surface area contributed by atoms with Crippen LogP contribution < -0.4 is 5.73 Å². The van der Waals surface area contributed by atoms with E-state index < -0.39 is 0 Å². The average Bonchev–Trinajstić information content (AvgIpc) is 2.46. The van der Waals surface area contributed by atoms with E-state index in [4.69, 9.17) is 22.7 Å². The fourth-order valence-corrected chi connectivity index (χ4v) is 1.21. The van der Waals surface area contributed by atoms with Crippen LogP contribution >= 0.6 is 11.6 Å². The van der Waals surface area contributed by atoms with Crippen LogP contribution in [0.3, 0.4) is 0 Å². The first kappa shape index (κ1) is 8.00. The van der Waals surface area contributed by atoms with E-state index in [0.29, 0.717) is 21.9 Å². The lowest BCUT2D eigenvalue weighted by atomic mass is 10.3. The minimum atomic E-state index is -0.0390. The van der Waals surface area contributed by atoms with Crippen LogP contribution in [0.15, 0.2) is 12.4 Å². The largest absolute Gasteiger partial charge is 0.384 e. The Balaban J connectivity index is 2.76. The molecule has 0 aliphatic rings. The molecule has 2 heterocycles. The Morgan fingerprint density at radius 3 is 3.08 bits per heavy atom. The van der Waals surface area contributed by atoms with Crippen molar-refractivity contribution in [2.24, 2.45) is 5.73 Å². The quantitative estimate of drug-likeness (QED) is 0.466. The van der Waals surface area contributed by atoms with E-state index in [0.717, 1.165) is 0 Å². The van der Waals surface area contributed by atoms with E-state index in [1.807, 2.05) is 0 Å². The van der Waals surface area contributed by atoms with Gasteiger partial charge in [0.1, 0.15) is 16.5 Å². The SMILES string of the molecule is N=C(N)c1c[nH]c2nc(Cl)cnc12. The molecule has 2 aromatic heterocycles. The smallest absolute Gasteiger partial charge is 0.158 e. The van der Waals surface area contributed by atoms with Gasteiger partial charge in [-0.3, -0.25) is 5.41 Å². The minimum Gasteiger partial charge on any atom is -0.384 e. The number of nitrogens with zero attached hydrogens (tertiary/aromatic N) is 2. The van der Waals surface area contributed by atoms with Gasteiger partial charge in [0.2, 0.25) is 0 Å². The molecule has 0 amide bonds. The Kier molecular flexibility index (Phi) is 1.66. The first-order chi connectivity index (χ1) is 6.18. The van der Waals surface area contributed by atoms with Crippen molar-refractivity contribution < 1.29 is 0 Å². The molecule has 0 aromatic carbocycles. The Morgan fingerprint density at radius 1 is 1.62 bits per heavy atom. The lowest BCUT2D eigenvalue weighted by Gasteiger charge is -1.93. The Hall–Kier alpha value is -1.62. The molecule has 4 N–H and O–H groups in total. The molecule has 0 atom stereocenters. The molecule has 0 saturated heterocycles. The number of nitrogen functional groups attached to an aromatic ring is 1. The van der Waals surface area contributed by atoms with E-state index >= 15 is 0 Å². The van der Waals surface area contributed by atoms with Crippen LogP contribution in [0, 0.1) is 5.41 Å². The molecule has 0 spiro atoms. The summed E-state index contributed by atoms with van der Waals surface area (Å²) in [6.07, 6.45) is 3.01. The number of hydrogen-bond donors (Lipinski definition) is 3. The van der Waals surface area contributed by atoms with Crippen LogP contribution in [-0.2, 0) is 0 Å². The highest BCUT2D eigenvalue weighted by atomic mass is 35.5. The van der Waals surface area contributed by atoms with Gasteiger partial charge in [-0.1, -0.05) is 11.6 Å². The second-order valence-corrected chi connectivity index (χ2v) is 2.89. The number of aromatic amines is 1. The Morgan fingerprint density at radius 2 is 2.38 bits per heavy atom. The highest BCUT2D eigenvalue weighted by molar-refractivity contribution is 6.29. The topological polar surface area (TPSA) is 91.4 Å². The monoisotopic (exact) mass is 195 g/mol. The Labute approximate surface area is 78.5 Å². The number of H-pyrrole nitrogens is 1. The molecular formula is C7H6ClN5. The predicted molar refractivity (Wildman–Crippen MR) is 49.9 cm³/mol. The summed E-state index contributed by atoms with van der Waals surface area (Å²) in [5.41, 5.74) is 6.97. The summed E-state index contributed by atoms with van der Waals surface area (Å²) in [6.45, 7) is 0. The van der Waals surface area contributed by atoms with Crippen molar-refractivity contribution in [3.63, 3.8) is 0 Å². The highest BCUT2D eigenvalue weighted by Gasteiger charge is 2.08. The van der Waals surface area contributed by atoms with E-state index in [-0.39, 0.29) is 5.84 Å². The maximum absolute atomic E-state index is 7.24. The molecule has 0 aliphatic carbocycles. The van der Waals surface area contributed by atoms with Gasteiger partial charge in [-0.15, -0.1) is 0 Å². The molecule has 13 heavy (non-hydrogen) atoms. The first-order valence-corrected chi connectivity index (χ1v) is 3.90. The summed E-state index contributed by atoms with van der Waals surface area (Å²) in [7, 11) is 0. The predicted octanol–water partition coefficient (Wildman–Crippen LogP) is 0.895. The van der Waals surface area contributed by atoms with Gasteiger partial charge in [-0.2, -0.15) is 0 Å². The number of halogens is 1. The summed E-state index contributed by atoms with van der Waals surface area (Å²) in [5, 5.41) is 7.55. The zero-order valence-electron chi connectivity index (χ0n) is 6.50. The second kappa shape index (κ2) is 2.70. The zero-order valence-corrected chi connectivity index (χ0v) is 7.26. The van der Waals surface area contributed by atoms with Crippen molar-refractivity contribution >= 4 is 28.6 Å². The minimum absolute atomic E-state index is 0.0390. The van der Waals surface area contributed by atoms with Crippen molar-refractivity contribution in [3.8, 4) is 0 Å². The molecule has 5 nitrogen and oxygen atoms in total. The first-order valence-electron chi connectivity index (χ1n) is 3.52. The van der Waals surface area contributed by atoms with Crippen molar-refractivity contribution in [1.82, 2.24) is 15.0 Å². The number of fused-ring (bicyclic) bond motifs is 1. The molecule has 0 unspecified atom stereocenters. The fraction of sp³-hybridized carbons (Fsp3) is 0. The fourth-order valence-electron chi connectivity index (χ4n) is 1.08. The van der Waals surface area contributed by atoms with E-state index in [2.05, 4.69) is 15.0 Å². The van der Waals surface area contributed by atoms with Crippen LogP contribution in [0.4, 0.5) is 0 Å². The Bertz CT molecular complexity index is 475. The van der Waals surface area contributed by atoms with Gasteiger partial charge in [-0.25, -0.2) is 9.97 Å². The summed E-state index contributed by atoms with van der Waals surface area (Å²) in [4.78, 5) is 10.8. The molecule has 0 aliphatic heterocycles. The van der Waals surface area contributed by atoms with Gasteiger partial charge in [0.05, 0.1) is 11.8 Å². The lowest BCUT2D eigenvalue weighted by Crippen LogP contribution is -2.10. The number of nitrogens with two attached hydrogens (primary N) is 1. The number of nitrogens with one attached hydrogen (secondary N) is 2. The maximum atomic E-state index is 7.24. The van der Waals surface area contributed by atoms with Crippen LogP contribution in [0.1, 0.15) is 5.56 Å². The highest BCUT2D eigenvalue weighted by Crippen LogP contribution is 2.14. The zero-order chi connectivity index (χ0) is 9.42. The van der Waals surface area contributed by atoms with Gasteiger partial charge in [-0.05, 0) is 0 Å². The summed E-state index contributed by atoms with van der Waals surface area (Å²) in [6, 6.07) is 0. The molecular weight excluding hydrogens is 190 g/mol. The third-order valence-electron chi connectivity index (χ3n) is 1.64. The molecule has 2 aromatic rings. The van der Waals surface area contributed by atoms with Gasteiger partial charge in [0.15, 0.2) is 5.65 Å². The van der Waals surface area contributed by atoms with Gasteiger partial charge in [0, 0.05) is 6.20 Å². The molecule has 6 heteroatoms. The van der Waals surface area contributed by atoms with Crippen molar-refractivity contribution in [2.75, 3.05) is 0 Å². The third kappa shape index (κ3) is 1.23. The number of aromatic nitrogens is 3. The molecule has 0 radical (unpaired) electrons. The lowest BCUT2D eigenvalue weighted by molar-refractivity contribution is 1.26. The van der Waals surface area contributed by atoms with Crippen molar-refractivity contribution in [3.05, 3.63) is 23.1 Å². The third-order valence-corrected chi connectivity index (χ3v) is 1.82. The summed E-state index contributed by atoms with van der Waals surface area (Å²) in [5.74, 6) is -0.0390. The normalized spacial score (nSPS) is 10.5. The summed E-state index contributed by atoms with van der Waals surface area (Å²) < 4.78 is 0.